The molecule has 1 saturated carbocycles. The maximum absolute atomic E-state index is 12.5. The fraction of sp³-hybridized carbons (Fsp3) is 0.500. The minimum Gasteiger partial charge on any atom is -0.493 e. The number of aryl methyl sites for hydroxylation is 2. The van der Waals surface area contributed by atoms with Gasteiger partial charge in [-0.3, -0.25) is 4.79 Å². The molecule has 0 unspecified atom stereocenters. The molecule has 1 heterocycles. The van der Waals surface area contributed by atoms with Gasteiger partial charge in [0.05, 0.1) is 6.61 Å². The van der Waals surface area contributed by atoms with Gasteiger partial charge in [-0.25, -0.2) is 0 Å². The Morgan fingerprint density at radius 3 is 2.69 bits per heavy atom. The van der Waals surface area contributed by atoms with Crippen LogP contribution in [0.5, 0.6) is 5.75 Å². The number of hydrogen-bond acceptors (Lipinski definition) is 3. The second kappa shape index (κ2) is 7.98. The molecule has 0 spiro atoms. The smallest absolute Gasteiger partial charge is 0.244 e. The summed E-state index contributed by atoms with van der Waals surface area (Å²) in [6, 6.07) is 4.32. The second-order valence-electron chi connectivity index (χ2n) is 7.23. The van der Waals surface area contributed by atoms with Gasteiger partial charge in [0.1, 0.15) is 17.1 Å². The Bertz CT molecular complexity index is 826. The number of carbonyl (C=O) groups is 1. The van der Waals surface area contributed by atoms with E-state index < -0.39 is 0 Å². The van der Waals surface area contributed by atoms with Gasteiger partial charge in [-0.1, -0.05) is 19.3 Å². The molecule has 0 radical (unpaired) electrons. The standard InChI is InChI=1S/C22H29NO3/c1-5-25-20-13-21-19(15(3)16(4)26-21)12-18(20)14(2)11-22(24)23-17-9-7-6-8-10-17/h11-13,17H,5-10H2,1-4H3,(H,23,24)/b14-11+. The molecule has 1 N–H and O–H groups in total. The Kier molecular flexibility index (Phi) is 5.70. The Hall–Kier alpha value is -2.23. The van der Waals surface area contributed by atoms with Gasteiger partial charge in [-0.05, 0) is 57.7 Å². The lowest BCUT2D eigenvalue weighted by atomic mass is 9.95. The quantitative estimate of drug-likeness (QED) is 0.740. The predicted octanol–water partition coefficient (Wildman–Crippen LogP) is 5.30. The van der Waals surface area contributed by atoms with Crippen molar-refractivity contribution in [2.24, 2.45) is 0 Å². The van der Waals surface area contributed by atoms with Gasteiger partial charge in [0, 0.05) is 29.1 Å². The highest BCUT2D eigenvalue weighted by atomic mass is 16.5. The van der Waals surface area contributed by atoms with Crippen LogP contribution in [0, 0.1) is 13.8 Å². The van der Waals surface area contributed by atoms with E-state index in [4.69, 9.17) is 9.15 Å². The summed E-state index contributed by atoms with van der Waals surface area (Å²) in [7, 11) is 0. The lowest BCUT2D eigenvalue weighted by molar-refractivity contribution is -0.117. The highest BCUT2D eigenvalue weighted by Crippen LogP contribution is 2.35. The summed E-state index contributed by atoms with van der Waals surface area (Å²) in [6.45, 7) is 8.52. The van der Waals surface area contributed by atoms with E-state index in [0.29, 0.717) is 12.6 Å². The molecule has 26 heavy (non-hydrogen) atoms. The number of carbonyl (C=O) groups excluding carboxylic acids is 1. The summed E-state index contributed by atoms with van der Waals surface area (Å²) in [4.78, 5) is 12.5. The van der Waals surface area contributed by atoms with Gasteiger partial charge in [-0.2, -0.15) is 0 Å². The average Bonchev–Trinajstić information content (AvgIpc) is 2.89. The van der Waals surface area contributed by atoms with Gasteiger partial charge in [0.15, 0.2) is 0 Å². The Balaban J connectivity index is 1.89. The van der Waals surface area contributed by atoms with Gasteiger partial charge in [-0.15, -0.1) is 0 Å². The monoisotopic (exact) mass is 355 g/mol. The zero-order valence-corrected chi connectivity index (χ0v) is 16.3. The van der Waals surface area contributed by atoms with E-state index in [-0.39, 0.29) is 5.91 Å². The van der Waals surface area contributed by atoms with E-state index in [9.17, 15) is 4.79 Å². The summed E-state index contributed by atoms with van der Waals surface area (Å²) in [5, 5.41) is 4.22. The highest BCUT2D eigenvalue weighted by molar-refractivity contribution is 5.97. The molecule has 0 atom stereocenters. The third-order valence-electron chi connectivity index (χ3n) is 5.30. The summed E-state index contributed by atoms with van der Waals surface area (Å²) in [5.41, 5.74) is 3.80. The molecule has 0 saturated heterocycles. The van der Waals surface area contributed by atoms with Crippen LogP contribution in [0.1, 0.15) is 62.8 Å². The summed E-state index contributed by atoms with van der Waals surface area (Å²) in [5.74, 6) is 1.65. The number of ether oxygens (including phenoxy) is 1. The van der Waals surface area contributed by atoms with Gasteiger partial charge in [0.2, 0.25) is 5.91 Å². The average molecular weight is 355 g/mol. The molecule has 2 aromatic rings. The number of fused-ring (bicyclic) bond motifs is 1. The first kappa shape index (κ1) is 18.6. The minimum absolute atomic E-state index is 0.0166. The van der Waals surface area contributed by atoms with Crippen molar-refractivity contribution in [2.75, 3.05) is 6.61 Å². The first-order chi connectivity index (χ1) is 12.5. The van der Waals surface area contributed by atoms with Crippen molar-refractivity contribution in [3.05, 3.63) is 35.1 Å². The summed E-state index contributed by atoms with van der Waals surface area (Å²) >= 11 is 0. The van der Waals surface area contributed by atoms with E-state index in [1.54, 1.807) is 6.08 Å². The van der Waals surface area contributed by atoms with Crippen LogP contribution in [-0.4, -0.2) is 18.6 Å². The first-order valence-corrected chi connectivity index (χ1v) is 9.65. The van der Waals surface area contributed by atoms with Crippen molar-refractivity contribution in [1.29, 1.82) is 0 Å². The van der Waals surface area contributed by atoms with Crippen LogP contribution in [0.3, 0.4) is 0 Å². The molecule has 4 nitrogen and oxygen atoms in total. The number of benzene rings is 1. The Labute approximate surface area is 155 Å². The number of allylic oxidation sites excluding steroid dienone is 1. The van der Waals surface area contributed by atoms with Gasteiger partial charge < -0.3 is 14.5 Å². The maximum atomic E-state index is 12.5. The minimum atomic E-state index is -0.0166. The predicted molar refractivity (Wildman–Crippen MR) is 106 cm³/mol. The van der Waals surface area contributed by atoms with Crippen LogP contribution in [0.25, 0.3) is 16.5 Å². The summed E-state index contributed by atoms with van der Waals surface area (Å²) < 4.78 is 11.6. The van der Waals surface area contributed by atoms with E-state index in [1.807, 2.05) is 26.8 Å². The third kappa shape index (κ3) is 3.95. The van der Waals surface area contributed by atoms with Crippen molar-refractivity contribution in [2.45, 2.75) is 65.8 Å². The van der Waals surface area contributed by atoms with Crippen molar-refractivity contribution in [3.8, 4) is 5.75 Å². The molecule has 0 aliphatic heterocycles. The van der Waals surface area contributed by atoms with Crippen LogP contribution in [0.2, 0.25) is 0 Å². The lowest BCUT2D eigenvalue weighted by Crippen LogP contribution is -2.35. The molecule has 0 bridgehead atoms. The third-order valence-corrected chi connectivity index (χ3v) is 5.30. The van der Waals surface area contributed by atoms with Crippen LogP contribution in [0.4, 0.5) is 0 Å². The van der Waals surface area contributed by atoms with Crippen molar-refractivity contribution in [1.82, 2.24) is 5.32 Å². The molecule has 4 heteroatoms. The van der Waals surface area contributed by atoms with Gasteiger partial charge >= 0.3 is 0 Å². The Morgan fingerprint density at radius 1 is 1.27 bits per heavy atom. The molecule has 1 amide bonds. The van der Waals surface area contributed by atoms with Crippen molar-refractivity contribution in [3.63, 3.8) is 0 Å². The van der Waals surface area contributed by atoms with E-state index >= 15 is 0 Å². The topological polar surface area (TPSA) is 51.5 Å². The SMILES string of the molecule is CCOc1cc2oc(C)c(C)c2cc1/C(C)=C/C(=O)NC1CCCCC1. The molecular weight excluding hydrogens is 326 g/mol. The number of nitrogens with one attached hydrogen (secondary N) is 1. The molecule has 140 valence electrons. The number of amides is 1. The van der Waals surface area contributed by atoms with Gasteiger partial charge in [0.25, 0.3) is 0 Å². The molecule has 1 aliphatic carbocycles. The number of hydrogen-bond donors (Lipinski definition) is 1. The molecule has 3 rings (SSSR count). The van der Waals surface area contributed by atoms with Crippen molar-refractivity contribution < 1.29 is 13.9 Å². The first-order valence-electron chi connectivity index (χ1n) is 9.65. The van der Waals surface area contributed by atoms with Crippen LogP contribution < -0.4 is 10.1 Å². The second-order valence-corrected chi connectivity index (χ2v) is 7.23. The zero-order chi connectivity index (χ0) is 18.7. The fourth-order valence-corrected chi connectivity index (χ4v) is 3.72. The van der Waals surface area contributed by atoms with Crippen LogP contribution in [-0.2, 0) is 4.79 Å². The lowest BCUT2D eigenvalue weighted by Gasteiger charge is -2.22. The highest BCUT2D eigenvalue weighted by Gasteiger charge is 2.17. The molecule has 1 aromatic carbocycles. The van der Waals surface area contributed by atoms with E-state index in [2.05, 4.69) is 18.3 Å². The maximum Gasteiger partial charge on any atom is 0.244 e. The zero-order valence-electron chi connectivity index (χ0n) is 16.3. The normalized spacial score (nSPS) is 16.1. The van der Waals surface area contributed by atoms with Crippen LogP contribution in [0.15, 0.2) is 22.6 Å². The molecule has 1 aromatic heterocycles. The largest absolute Gasteiger partial charge is 0.493 e. The molecule has 1 fully saturated rings. The number of rotatable bonds is 5. The molecular formula is C22H29NO3. The van der Waals surface area contributed by atoms with Crippen molar-refractivity contribution >= 4 is 22.4 Å². The molecule has 1 aliphatic rings. The van der Waals surface area contributed by atoms with E-state index in [0.717, 1.165) is 52.0 Å². The van der Waals surface area contributed by atoms with Crippen LogP contribution >= 0.6 is 0 Å². The Morgan fingerprint density at radius 2 is 2.00 bits per heavy atom. The fourth-order valence-electron chi connectivity index (χ4n) is 3.72. The van der Waals surface area contributed by atoms with E-state index in [1.165, 1.54) is 19.3 Å². The number of furan rings is 1. The summed E-state index contributed by atoms with van der Waals surface area (Å²) in [6.07, 6.45) is 7.56.